The van der Waals surface area contributed by atoms with E-state index in [4.69, 9.17) is 9.29 Å². The number of fused-ring (bicyclic) bond motifs is 1. The van der Waals surface area contributed by atoms with Crippen LogP contribution < -0.4 is 5.32 Å². The van der Waals surface area contributed by atoms with Crippen molar-refractivity contribution in [2.45, 2.75) is 42.8 Å². The van der Waals surface area contributed by atoms with Crippen molar-refractivity contribution in [1.29, 1.82) is 0 Å². The Hall–Kier alpha value is -1.58. The molecule has 0 aromatic rings. The minimum absolute atomic E-state index is 0.0687. The summed E-state index contributed by atoms with van der Waals surface area (Å²) in [5.74, 6) is -4.36. The number of rotatable bonds is 6. The van der Waals surface area contributed by atoms with Gasteiger partial charge in [0, 0.05) is 11.8 Å². The van der Waals surface area contributed by atoms with Crippen LogP contribution >= 0.6 is 0 Å². The lowest BCUT2D eigenvalue weighted by Gasteiger charge is -2.27. The molecule has 7 unspecified atom stereocenters. The summed E-state index contributed by atoms with van der Waals surface area (Å²) in [5, 5.41) is 5.99. The van der Waals surface area contributed by atoms with E-state index in [-0.39, 0.29) is 17.9 Å². The Bertz CT molecular complexity index is 800. The maximum Gasteiger partial charge on any atom is 0.432 e. The van der Waals surface area contributed by atoms with Gasteiger partial charge in [-0.25, -0.2) is 0 Å². The number of aliphatic hydroxyl groups is 1. The number of hydrogen-bond donors (Lipinski definition) is 3. The number of halogens is 5. The van der Waals surface area contributed by atoms with Crippen LogP contribution in [-0.4, -0.2) is 66.4 Å². The van der Waals surface area contributed by atoms with Crippen LogP contribution in [0.3, 0.4) is 0 Å². The van der Waals surface area contributed by atoms with Gasteiger partial charge in [0.1, 0.15) is 6.54 Å². The number of hydrogen-bond acceptors (Lipinski definition) is 7. The first-order valence-corrected chi connectivity index (χ1v) is 9.81. The number of carbonyl (C=O) groups is 2. The van der Waals surface area contributed by atoms with Gasteiger partial charge in [-0.3, -0.25) is 14.1 Å². The van der Waals surface area contributed by atoms with Crippen LogP contribution in [0.4, 0.5) is 22.0 Å². The van der Waals surface area contributed by atoms with Gasteiger partial charge in [0.15, 0.2) is 6.29 Å². The topological polar surface area (TPSA) is 139 Å². The molecule has 3 N–H and O–H groups in total. The van der Waals surface area contributed by atoms with E-state index < -0.39 is 64.2 Å². The van der Waals surface area contributed by atoms with Crippen molar-refractivity contribution in [3.8, 4) is 0 Å². The van der Waals surface area contributed by atoms with E-state index in [9.17, 15) is 45.1 Å². The fourth-order valence-corrected chi connectivity index (χ4v) is 4.92. The Morgan fingerprint density at radius 2 is 1.83 bits per heavy atom. The Morgan fingerprint density at radius 3 is 2.38 bits per heavy atom. The zero-order valence-corrected chi connectivity index (χ0v) is 15.1. The normalized spacial score (nSPS) is 34.9. The average Bonchev–Trinajstić information content (AvgIpc) is 3.17. The minimum atomic E-state index is -6.55. The smallest absolute Gasteiger partial charge is 0.432 e. The molecule has 0 radical (unpaired) electrons. The molecule has 3 aliphatic rings. The van der Waals surface area contributed by atoms with Crippen LogP contribution in [0.1, 0.15) is 12.8 Å². The fourth-order valence-electron chi connectivity index (χ4n) is 4.47. The third kappa shape index (κ3) is 3.80. The molecule has 0 aromatic heterocycles. The van der Waals surface area contributed by atoms with Gasteiger partial charge in [-0.2, -0.15) is 30.4 Å². The molecule has 7 atom stereocenters. The zero-order valence-electron chi connectivity index (χ0n) is 14.3. The number of alkyl halides is 5. The number of nitrogens with one attached hydrogen (secondary N) is 1. The van der Waals surface area contributed by atoms with Gasteiger partial charge < -0.3 is 19.9 Å². The predicted octanol–water partition coefficient (Wildman–Crippen LogP) is 0.0467. The summed E-state index contributed by atoms with van der Waals surface area (Å²) in [6.45, 7) is -1.26. The average molecular weight is 453 g/mol. The first-order chi connectivity index (χ1) is 13.1. The first-order valence-electron chi connectivity index (χ1n) is 8.37. The number of esters is 1. The highest BCUT2D eigenvalue weighted by atomic mass is 32.2. The van der Waals surface area contributed by atoms with Crippen LogP contribution in [0, 0.1) is 23.7 Å². The molecule has 1 aliphatic heterocycles. The van der Waals surface area contributed by atoms with Crippen LogP contribution in [-0.2, 0) is 29.2 Å². The van der Waals surface area contributed by atoms with E-state index in [2.05, 4.69) is 4.74 Å². The van der Waals surface area contributed by atoms with Gasteiger partial charge in [0.05, 0.1) is 6.10 Å². The molecule has 2 bridgehead atoms. The minimum Gasteiger partial charge on any atom is -0.443 e. The summed E-state index contributed by atoms with van der Waals surface area (Å²) in [7, 11) is -6.55. The predicted molar refractivity (Wildman–Crippen MR) is 79.5 cm³/mol. The molecule has 1 heterocycles. The number of carbonyl (C=O) groups excluding carboxylic acids is 2. The van der Waals surface area contributed by atoms with E-state index in [1.165, 1.54) is 0 Å². The lowest BCUT2D eigenvalue weighted by atomic mass is 9.79. The molecule has 3 rings (SSSR count). The molecule has 15 heteroatoms. The van der Waals surface area contributed by atoms with Crippen LogP contribution in [0.2, 0.25) is 0 Å². The molecule has 0 aromatic carbocycles. The van der Waals surface area contributed by atoms with Crippen LogP contribution in [0.15, 0.2) is 0 Å². The number of aliphatic hydroxyl groups excluding tert-OH is 1. The molecule has 166 valence electrons. The monoisotopic (exact) mass is 453 g/mol. The maximum atomic E-state index is 13.4. The lowest BCUT2D eigenvalue weighted by molar-refractivity contribution is -0.258. The van der Waals surface area contributed by atoms with Crippen molar-refractivity contribution in [3.63, 3.8) is 0 Å². The summed E-state index contributed by atoms with van der Waals surface area (Å²) < 4.78 is 103. The molecular weight excluding hydrogens is 437 g/mol. The summed E-state index contributed by atoms with van der Waals surface area (Å²) in [5.41, 5.74) is 0. The number of amides is 1. The van der Waals surface area contributed by atoms with E-state index in [1.54, 1.807) is 0 Å². The first kappa shape index (κ1) is 22.1. The van der Waals surface area contributed by atoms with Crippen molar-refractivity contribution >= 4 is 22.0 Å². The van der Waals surface area contributed by atoms with Gasteiger partial charge in [-0.05, 0) is 24.7 Å². The maximum absolute atomic E-state index is 13.4. The van der Waals surface area contributed by atoms with Gasteiger partial charge >= 0.3 is 27.5 Å². The van der Waals surface area contributed by atoms with Gasteiger partial charge in [0.2, 0.25) is 5.91 Å². The molecule has 29 heavy (non-hydrogen) atoms. The highest BCUT2D eigenvalue weighted by Gasteiger charge is 2.66. The third-order valence-corrected chi connectivity index (χ3v) is 6.46. The highest BCUT2D eigenvalue weighted by molar-refractivity contribution is 7.86. The third-order valence-electron chi connectivity index (χ3n) is 5.55. The molecular formula is C14H16F5NO8S. The van der Waals surface area contributed by atoms with Gasteiger partial charge in [0.25, 0.3) is 6.10 Å². The Balaban J connectivity index is 1.62. The summed E-state index contributed by atoms with van der Waals surface area (Å²) >= 11 is 0. The quantitative estimate of drug-likeness (QED) is 0.291. The summed E-state index contributed by atoms with van der Waals surface area (Å²) in [6, 6.07) is 0. The van der Waals surface area contributed by atoms with E-state index in [0.717, 1.165) is 0 Å². The molecule has 9 nitrogen and oxygen atoms in total. The fraction of sp³-hybridized carbons (Fsp3) is 0.857. The van der Waals surface area contributed by atoms with E-state index >= 15 is 0 Å². The lowest BCUT2D eigenvalue weighted by Crippen LogP contribution is -2.53. The zero-order chi connectivity index (χ0) is 21.9. The second-order valence-electron chi connectivity index (χ2n) is 7.23. The van der Waals surface area contributed by atoms with Gasteiger partial charge in [-0.15, -0.1) is 0 Å². The standard InChI is InChI=1S/C14H16F5NO8S/c15-13(16,17)12(14(18,19)29(24,25)26)28-7(21)3-20-10(22)8-4-1-5-6(2-4)27-11(23)9(5)8/h4-6,8-9,11-12,23H,1-3H2,(H,20,22)(H,24,25,26). The largest absolute Gasteiger partial charge is 0.443 e. The van der Waals surface area contributed by atoms with Crippen LogP contribution in [0.25, 0.3) is 0 Å². The van der Waals surface area contributed by atoms with Gasteiger partial charge in [-0.1, -0.05) is 0 Å². The van der Waals surface area contributed by atoms with Crippen molar-refractivity contribution in [2.75, 3.05) is 6.54 Å². The Kier molecular flexibility index (Phi) is 5.33. The molecule has 1 saturated heterocycles. The summed E-state index contributed by atoms with van der Waals surface area (Å²) in [6.07, 6.45) is -10.8. The molecule has 2 saturated carbocycles. The Labute approximate surface area is 160 Å². The van der Waals surface area contributed by atoms with Crippen molar-refractivity contribution in [1.82, 2.24) is 5.32 Å². The van der Waals surface area contributed by atoms with E-state index in [1.807, 2.05) is 5.32 Å². The second-order valence-corrected chi connectivity index (χ2v) is 8.72. The second kappa shape index (κ2) is 6.99. The Morgan fingerprint density at radius 1 is 1.21 bits per heavy atom. The van der Waals surface area contributed by atoms with Crippen molar-refractivity contribution < 1.29 is 59.1 Å². The number of ether oxygens (including phenoxy) is 2. The van der Waals surface area contributed by atoms with E-state index in [0.29, 0.717) is 12.8 Å². The molecule has 3 fully saturated rings. The van der Waals surface area contributed by atoms with Crippen molar-refractivity contribution in [3.05, 3.63) is 0 Å². The summed E-state index contributed by atoms with van der Waals surface area (Å²) in [4.78, 5) is 23.9. The molecule has 2 aliphatic carbocycles. The van der Waals surface area contributed by atoms with Crippen LogP contribution in [0.5, 0.6) is 0 Å². The highest BCUT2D eigenvalue weighted by Crippen LogP contribution is 2.59. The SMILES string of the molecule is O=C(CNC(=O)C1C2CC3OC(O)C1C3C2)OC(C(F)(F)F)C(F)(F)S(=O)(=O)O. The molecule has 1 amide bonds. The van der Waals surface area contributed by atoms with Crippen molar-refractivity contribution in [2.24, 2.45) is 23.7 Å². The molecule has 0 spiro atoms.